The molecule has 0 saturated heterocycles. The zero-order chi connectivity index (χ0) is 18.5. The number of hydrogen-bond donors (Lipinski definition) is 2. The van der Waals surface area contributed by atoms with E-state index in [-0.39, 0.29) is 18.2 Å². The van der Waals surface area contributed by atoms with Crippen LogP contribution < -0.4 is 15.4 Å². The van der Waals surface area contributed by atoms with Gasteiger partial charge in [0.25, 0.3) is 0 Å². The third-order valence-corrected chi connectivity index (χ3v) is 5.50. The van der Waals surface area contributed by atoms with Crippen molar-refractivity contribution in [3.63, 3.8) is 0 Å². The molecule has 2 aromatic carbocycles. The lowest BCUT2D eigenvalue weighted by molar-refractivity contribution is -0.124. The summed E-state index contributed by atoms with van der Waals surface area (Å²) in [6.07, 6.45) is 0.846. The molecule has 0 fully saturated rings. The van der Waals surface area contributed by atoms with Gasteiger partial charge in [0.05, 0.1) is 18.0 Å². The fourth-order valence-corrected chi connectivity index (χ4v) is 4.02. The highest BCUT2D eigenvalue weighted by molar-refractivity contribution is 8.01. The fraction of sp³-hybridized carbons (Fsp3) is 0.300. The molecular weight excluding hydrogens is 348 g/mol. The topological polar surface area (TPSA) is 67.4 Å². The summed E-state index contributed by atoms with van der Waals surface area (Å²) in [5.41, 5.74) is 3.03. The quantitative estimate of drug-likeness (QED) is 0.820. The second-order valence-electron chi connectivity index (χ2n) is 6.21. The van der Waals surface area contributed by atoms with E-state index in [0.29, 0.717) is 13.0 Å². The Morgan fingerprint density at radius 1 is 1.27 bits per heavy atom. The summed E-state index contributed by atoms with van der Waals surface area (Å²) in [4.78, 5) is 25.4. The number of ether oxygens (including phenoxy) is 1. The van der Waals surface area contributed by atoms with Crippen LogP contribution in [0, 0.1) is 6.92 Å². The lowest BCUT2D eigenvalue weighted by Crippen LogP contribution is -2.35. The predicted octanol–water partition coefficient (Wildman–Crippen LogP) is 3.17. The average molecular weight is 370 g/mol. The number of amides is 2. The molecule has 1 heterocycles. The molecule has 0 radical (unpaired) electrons. The van der Waals surface area contributed by atoms with Crippen LogP contribution in [-0.2, 0) is 16.0 Å². The van der Waals surface area contributed by atoms with Gasteiger partial charge in [0, 0.05) is 17.9 Å². The van der Waals surface area contributed by atoms with Gasteiger partial charge >= 0.3 is 0 Å². The second-order valence-corrected chi connectivity index (χ2v) is 7.46. The normalized spacial score (nSPS) is 15.8. The maximum absolute atomic E-state index is 12.2. The average Bonchev–Trinajstić information content (AvgIpc) is 2.62. The van der Waals surface area contributed by atoms with Crippen molar-refractivity contribution in [1.82, 2.24) is 5.32 Å². The highest BCUT2D eigenvalue weighted by atomic mass is 32.2. The SMILES string of the molecule is COc1ccc(C)cc1CCNC(=O)C[C@H]1Sc2ccccc2NC1=O. The number of para-hydroxylation sites is 1. The van der Waals surface area contributed by atoms with Gasteiger partial charge in [0.1, 0.15) is 5.75 Å². The second kappa shape index (κ2) is 8.27. The van der Waals surface area contributed by atoms with Crippen molar-refractivity contribution in [2.75, 3.05) is 19.0 Å². The van der Waals surface area contributed by atoms with Gasteiger partial charge in [0.2, 0.25) is 11.8 Å². The monoisotopic (exact) mass is 370 g/mol. The van der Waals surface area contributed by atoms with E-state index in [4.69, 9.17) is 4.74 Å². The summed E-state index contributed by atoms with van der Waals surface area (Å²) < 4.78 is 5.36. The number of aryl methyl sites for hydroxylation is 1. The summed E-state index contributed by atoms with van der Waals surface area (Å²) >= 11 is 1.44. The minimum absolute atomic E-state index is 0.121. The van der Waals surface area contributed by atoms with Crippen molar-refractivity contribution >= 4 is 29.3 Å². The van der Waals surface area contributed by atoms with Crippen LogP contribution in [0.3, 0.4) is 0 Å². The van der Waals surface area contributed by atoms with Crippen LogP contribution in [0.4, 0.5) is 5.69 Å². The maximum atomic E-state index is 12.2. The zero-order valence-electron chi connectivity index (χ0n) is 14.9. The number of carbonyl (C=O) groups excluding carboxylic acids is 2. The van der Waals surface area contributed by atoms with E-state index in [0.717, 1.165) is 27.5 Å². The third-order valence-electron chi connectivity index (χ3n) is 4.23. The number of methoxy groups -OCH3 is 1. The van der Waals surface area contributed by atoms with Crippen LogP contribution >= 0.6 is 11.8 Å². The van der Waals surface area contributed by atoms with E-state index in [9.17, 15) is 9.59 Å². The molecule has 6 heteroatoms. The van der Waals surface area contributed by atoms with Crippen molar-refractivity contribution in [3.05, 3.63) is 53.6 Å². The highest BCUT2D eigenvalue weighted by Gasteiger charge is 2.28. The lowest BCUT2D eigenvalue weighted by atomic mass is 10.1. The van der Waals surface area contributed by atoms with Gasteiger partial charge < -0.3 is 15.4 Å². The summed E-state index contributed by atoms with van der Waals surface area (Å²) in [5, 5.41) is 5.36. The molecule has 0 aliphatic carbocycles. The van der Waals surface area contributed by atoms with E-state index in [1.165, 1.54) is 11.8 Å². The minimum Gasteiger partial charge on any atom is -0.496 e. The van der Waals surface area contributed by atoms with Crippen molar-refractivity contribution in [2.45, 2.75) is 29.9 Å². The van der Waals surface area contributed by atoms with E-state index < -0.39 is 5.25 Å². The van der Waals surface area contributed by atoms with Crippen LogP contribution in [0.2, 0.25) is 0 Å². The van der Waals surface area contributed by atoms with Crippen LogP contribution in [0.1, 0.15) is 17.5 Å². The Kier molecular flexibility index (Phi) is 5.83. The van der Waals surface area contributed by atoms with Gasteiger partial charge in [0.15, 0.2) is 0 Å². The number of thioether (sulfide) groups is 1. The molecular formula is C20H22N2O3S. The van der Waals surface area contributed by atoms with Gasteiger partial charge in [-0.3, -0.25) is 9.59 Å². The van der Waals surface area contributed by atoms with Crippen molar-refractivity contribution in [1.29, 1.82) is 0 Å². The maximum Gasteiger partial charge on any atom is 0.238 e. The first-order valence-electron chi connectivity index (χ1n) is 8.53. The van der Waals surface area contributed by atoms with E-state index in [1.54, 1.807) is 7.11 Å². The third kappa shape index (κ3) is 4.38. The Hall–Kier alpha value is -2.47. The van der Waals surface area contributed by atoms with Crippen molar-refractivity contribution < 1.29 is 14.3 Å². The Morgan fingerprint density at radius 2 is 2.08 bits per heavy atom. The number of rotatable bonds is 6. The molecule has 0 saturated carbocycles. The first kappa shape index (κ1) is 18.3. The zero-order valence-corrected chi connectivity index (χ0v) is 15.7. The van der Waals surface area contributed by atoms with Gasteiger partial charge in [-0.05, 0) is 37.1 Å². The Balaban J connectivity index is 1.52. The van der Waals surface area contributed by atoms with Gasteiger partial charge in [-0.2, -0.15) is 0 Å². The van der Waals surface area contributed by atoms with Crippen molar-refractivity contribution in [3.8, 4) is 5.75 Å². The number of carbonyl (C=O) groups is 2. The van der Waals surface area contributed by atoms with E-state index in [1.807, 2.05) is 43.3 Å². The molecule has 1 aliphatic rings. The molecule has 1 aliphatic heterocycles. The largest absolute Gasteiger partial charge is 0.496 e. The number of benzene rings is 2. The number of fused-ring (bicyclic) bond motifs is 1. The molecule has 0 aromatic heterocycles. The molecule has 1 atom stereocenters. The van der Waals surface area contributed by atoms with Crippen LogP contribution in [0.25, 0.3) is 0 Å². The number of nitrogens with one attached hydrogen (secondary N) is 2. The highest BCUT2D eigenvalue weighted by Crippen LogP contribution is 2.36. The summed E-state index contributed by atoms with van der Waals surface area (Å²) in [5.74, 6) is 0.580. The molecule has 26 heavy (non-hydrogen) atoms. The first-order chi connectivity index (χ1) is 12.6. The molecule has 0 spiro atoms. The molecule has 3 rings (SSSR count). The first-order valence-corrected chi connectivity index (χ1v) is 9.41. The Morgan fingerprint density at radius 3 is 2.88 bits per heavy atom. The summed E-state index contributed by atoms with van der Waals surface area (Å²) in [6.45, 7) is 2.53. The van der Waals surface area contributed by atoms with Crippen LogP contribution in [0.5, 0.6) is 5.75 Å². The smallest absolute Gasteiger partial charge is 0.238 e. The summed E-state index contributed by atoms with van der Waals surface area (Å²) in [6, 6.07) is 13.6. The van der Waals surface area contributed by atoms with Gasteiger partial charge in [-0.15, -0.1) is 11.8 Å². The molecule has 2 aromatic rings. The van der Waals surface area contributed by atoms with Gasteiger partial charge in [-0.25, -0.2) is 0 Å². The van der Waals surface area contributed by atoms with Crippen LogP contribution in [0.15, 0.2) is 47.4 Å². The predicted molar refractivity (Wildman–Crippen MR) is 104 cm³/mol. The molecule has 2 N–H and O–H groups in total. The molecule has 5 nitrogen and oxygen atoms in total. The molecule has 0 bridgehead atoms. The molecule has 0 unspecified atom stereocenters. The lowest BCUT2D eigenvalue weighted by Gasteiger charge is -2.23. The van der Waals surface area contributed by atoms with E-state index in [2.05, 4.69) is 16.7 Å². The molecule has 2 amide bonds. The number of hydrogen-bond acceptors (Lipinski definition) is 4. The van der Waals surface area contributed by atoms with E-state index >= 15 is 0 Å². The summed E-state index contributed by atoms with van der Waals surface area (Å²) in [7, 11) is 1.64. The standard InChI is InChI=1S/C20H22N2O3S/c1-13-7-8-16(25-2)14(11-13)9-10-21-19(23)12-18-20(24)22-15-5-3-4-6-17(15)26-18/h3-8,11,18H,9-10,12H2,1-2H3,(H,21,23)(H,22,24)/t18-/m1/s1. The molecule has 136 valence electrons. The minimum atomic E-state index is -0.404. The van der Waals surface area contributed by atoms with Crippen LogP contribution in [-0.4, -0.2) is 30.7 Å². The van der Waals surface area contributed by atoms with Gasteiger partial charge in [-0.1, -0.05) is 29.8 Å². The number of anilines is 1. The Bertz CT molecular complexity index is 822. The van der Waals surface area contributed by atoms with Crippen molar-refractivity contribution in [2.24, 2.45) is 0 Å². The fourth-order valence-electron chi connectivity index (χ4n) is 2.91. The Labute approximate surface area is 157 Å².